The van der Waals surface area contributed by atoms with Crippen molar-refractivity contribution in [1.29, 1.82) is 0 Å². The molecule has 2 aromatic rings. The molecule has 0 bridgehead atoms. The molecule has 2 fully saturated rings. The van der Waals surface area contributed by atoms with E-state index in [0.717, 1.165) is 30.3 Å². The number of nitrogens with one attached hydrogen (secondary N) is 1. The van der Waals surface area contributed by atoms with Crippen molar-refractivity contribution < 1.29 is 27.9 Å². The van der Waals surface area contributed by atoms with Crippen LogP contribution in [0.25, 0.3) is 11.3 Å². The fraction of sp³-hybridized carbons (Fsp3) is 0.552. The molecule has 1 aromatic carbocycles. The monoisotopic (exact) mass is 548 g/mol. The molecule has 1 amide bonds. The van der Waals surface area contributed by atoms with Gasteiger partial charge in [0.05, 0.1) is 5.69 Å². The summed E-state index contributed by atoms with van der Waals surface area (Å²) in [5.41, 5.74) is 3.73. The highest BCUT2D eigenvalue weighted by atomic mass is 19.4. The maximum absolute atomic E-state index is 12.5. The average Bonchev–Trinajstić information content (AvgIpc) is 3.47. The number of alkyl halides is 3. The summed E-state index contributed by atoms with van der Waals surface area (Å²) in [5, 5.41) is 10.1. The van der Waals surface area contributed by atoms with Crippen LogP contribution in [0.15, 0.2) is 42.5 Å². The highest BCUT2D eigenvalue weighted by molar-refractivity contribution is 5.92. The van der Waals surface area contributed by atoms with Crippen LogP contribution in [0.2, 0.25) is 0 Å². The molecule has 3 heterocycles. The molecule has 7 nitrogen and oxygen atoms in total. The molecular weight excluding hydrogens is 509 g/mol. The average molecular weight is 549 g/mol. The number of carboxylic acid groups (broad SMARTS) is 1. The SMILES string of the molecule is CC[C@H](C)CNC(=O)c1cccc(-c2cccc(CN3CCC(N4CCCC4)CC3)c2)n1.O=C(O)C(F)(F)F. The maximum atomic E-state index is 12.5. The highest BCUT2D eigenvalue weighted by Crippen LogP contribution is 2.24. The van der Waals surface area contributed by atoms with E-state index < -0.39 is 12.1 Å². The summed E-state index contributed by atoms with van der Waals surface area (Å²) >= 11 is 0. The van der Waals surface area contributed by atoms with Crippen LogP contribution in [-0.2, 0) is 11.3 Å². The number of piperidine rings is 1. The number of pyridine rings is 1. The van der Waals surface area contributed by atoms with Crippen molar-refractivity contribution in [2.45, 2.75) is 64.7 Å². The molecule has 2 aliphatic rings. The van der Waals surface area contributed by atoms with E-state index in [9.17, 15) is 18.0 Å². The summed E-state index contributed by atoms with van der Waals surface area (Å²) in [7, 11) is 0. The third-order valence-electron chi connectivity index (χ3n) is 7.38. The van der Waals surface area contributed by atoms with Crippen LogP contribution in [0.3, 0.4) is 0 Å². The fourth-order valence-corrected chi connectivity index (χ4v) is 4.86. The maximum Gasteiger partial charge on any atom is 0.490 e. The first-order valence-corrected chi connectivity index (χ1v) is 13.7. The first-order chi connectivity index (χ1) is 18.6. The minimum absolute atomic E-state index is 0.0934. The van der Waals surface area contributed by atoms with Gasteiger partial charge in [-0.15, -0.1) is 0 Å². The van der Waals surface area contributed by atoms with Crippen LogP contribution < -0.4 is 5.32 Å². The van der Waals surface area contributed by atoms with Crippen LogP contribution >= 0.6 is 0 Å². The number of rotatable bonds is 8. The molecule has 0 saturated carbocycles. The summed E-state index contributed by atoms with van der Waals surface area (Å²) < 4.78 is 31.7. The zero-order valence-electron chi connectivity index (χ0n) is 22.7. The number of nitrogens with zero attached hydrogens (tertiary/aromatic N) is 3. The van der Waals surface area contributed by atoms with Gasteiger partial charge in [0.25, 0.3) is 5.91 Å². The third-order valence-corrected chi connectivity index (χ3v) is 7.38. The lowest BCUT2D eigenvalue weighted by atomic mass is 10.0. The number of amides is 1. The standard InChI is InChI=1S/C27H38N4O.C2HF3O2/c1-3-21(2)19-28-27(32)26-11-7-10-25(29-26)23-9-6-8-22(18-23)20-30-16-12-24(13-17-30)31-14-4-5-15-31;3-2(4,5)1(6)7/h6-11,18,21,24H,3-5,12-17,19-20H2,1-2H3,(H,28,32);(H,6,7)/t21-;/m0./s1. The molecule has 0 unspecified atom stereocenters. The number of benzene rings is 1. The highest BCUT2D eigenvalue weighted by Gasteiger charge is 2.38. The third kappa shape index (κ3) is 9.61. The molecule has 0 spiro atoms. The topological polar surface area (TPSA) is 85.8 Å². The van der Waals surface area contributed by atoms with Gasteiger partial charge >= 0.3 is 12.1 Å². The van der Waals surface area contributed by atoms with E-state index in [-0.39, 0.29) is 5.91 Å². The smallest absolute Gasteiger partial charge is 0.475 e. The second kappa shape index (κ2) is 14.4. The van der Waals surface area contributed by atoms with Crippen LogP contribution in [0.1, 0.15) is 62.0 Å². The van der Waals surface area contributed by atoms with Crippen molar-refractivity contribution in [2.75, 3.05) is 32.7 Å². The predicted molar refractivity (Wildman–Crippen MR) is 144 cm³/mol. The van der Waals surface area contributed by atoms with Crippen LogP contribution in [0.4, 0.5) is 13.2 Å². The van der Waals surface area contributed by atoms with E-state index in [1.54, 1.807) is 6.07 Å². The minimum atomic E-state index is -5.08. The van der Waals surface area contributed by atoms with E-state index in [4.69, 9.17) is 9.90 Å². The van der Waals surface area contributed by atoms with E-state index in [0.29, 0.717) is 18.2 Å². The fourth-order valence-electron chi connectivity index (χ4n) is 4.86. The summed E-state index contributed by atoms with van der Waals surface area (Å²) in [6, 6.07) is 15.1. The van der Waals surface area contributed by atoms with Crippen molar-refractivity contribution in [3.8, 4) is 11.3 Å². The van der Waals surface area contributed by atoms with Gasteiger partial charge < -0.3 is 15.3 Å². The molecule has 2 saturated heterocycles. The summed E-state index contributed by atoms with van der Waals surface area (Å²) in [6.45, 7) is 10.9. The summed E-state index contributed by atoms with van der Waals surface area (Å²) in [6.07, 6.45) is 1.30. The lowest BCUT2D eigenvalue weighted by molar-refractivity contribution is -0.192. The number of aliphatic carboxylic acids is 1. The van der Waals surface area contributed by atoms with E-state index >= 15 is 0 Å². The first kappa shape index (κ1) is 30.6. The van der Waals surface area contributed by atoms with Gasteiger partial charge in [-0.3, -0.25) is 9.69 Å². The molecule has 1 aromatic heterocycles. The largest absolute Gasteiger partial charge is 0.490 e. The summed E-state index contributed by atoms with van der Waals surface area (Å²) in [5.74, 6) is -2.38. The van der Waals surface area contributed by atoms with Crippen molar-refractivity contribution >= 4 is 11.9 Å². The van der Waals surface area contributed by atoms with Gasteiger partial charge in [0.2, 0.25) is 0 Å². The number of aromatic nitrogens is 1. The van der Waals surface area contributed by atoms with Gasteiger partial charge in [-0.25, -0.2) is 9.78 Å². The lowest BCUT2D eigenvalue weighted by Gasteiger charge is -2.36. The Labute approximate surface area is 228 Å². The number of carbonyl (C=O) groups is 2. The van der Waals surface area contributed by atoms with E-state index in [1.165, 1.54) is 57.4 Å². The Morgan fingerprint density at radius 3 is 2.33 bits per heavy atom. The normalized spacial score (nSPS) is 17.8. The van der Waals surface area contributed by atoms with Gasteiger partial charge in [-0.05, 0) is 81.5 Å². The van der Waals surface area contributed by atoms with E-state index in [2.05, 4.69) is 58.2 Å². The number of hydrogen-bond donors (Lipinski definition) is 2. The molecule has 2 aliphatic heterocycles. The van der Waals surface area contributed by atoms with Gasteiger partial charge in [0.1, 0.15) is 5.69 Å². The Balaban J connectivity index is 0.000000532. The molecular formula is C29H39F3N4O3. The zero-order chi connectivity index (χ0) is 28.4. The summed E-state index contributed by atoms with van der Waals surface area (Å²) in [4.78, 5) is 31.4. The van der Waals surface area contributed by atoms with Gasteiger partial charge in [0, 0.05) is 24.7 Å². The van der Waals surface area contributed by atoms with Gasteiger partial charge in [0.15, 0.2) is 0 Å². The van der Waals surface area contributed by atoms with Crippen LogP contribution in [-0.4, -0.2) is 76.7 Å². The predicted octanol–water partition coefficient (Wildman–Crippen LogP) is 5.22. The van der Waals surface area contributed by atoms with Crippen LogP contribution in [0, 0.1) is 5.92 Å². The number of halogens is 3. The number of carboxylic acids is 1. The second-order valence-corrected chi connectivity index (χ2v) is 10.4. The number of hydrogen-bond acceptors (Lipinski definition) is 5. The molecule has 0 radical (unpaired) electrons. The van der Waals surface area contributed by atoms with Gasteiger partial charge in [-0.1, -0.05) is 44.5 Å². The molecule has 2 N–H and O–H groups in total. The zero-order valence-corrected chi connectivity index (χ0v) is 22.7. The first-order valence-electron chi connectivity index (χ1n) is 13.7. The second-order valence-electron chi connectivity index (χ2n) is 10.4. The Hall–Kier alpha value is -2.98. The molecule has 0 aliphatic carbocycles. The van der Waals surface area contributed by atoms with Crippen molar-refractivity contribution in [3.05, 3.63) is 53.7 Å². The number of carbonyl (C=O) groups excluding carboxylic acids is 1. The van der Waals surface area contributed by atoms with Crippen LogP contribution in [0.5, 0.6) is 0 Å². The van der Waals surface area contributed by atoms with Gasteiger partial charge in [-0.2, -0.15) is 13.2 Å². The number of likely N-dealkylation sites (tertiary alicyclic amines) is 2. The van der Waals surface area contributed by atoms with Crippen molar-refractivity contribution in [3.63, 3.8) is 0 Å². The molecule has 10 heteroatoms. The molecule has 39 heavy (non-hydrogen) atoms. The molecule has 4 rings (SSSR count). The Morgan fingerprint density at radius 1 is 1.08 bits per heavy atom. The van der Waals surface area contributed by atoms with Crippen molar-refractivity contribution in [2.24, 2.45) is 5.92 Å². The molecule has 214 valence electrons. The Bertz CT molecular complexity index is 1080. The Kier molecular flexibility index (Phi) is 11.3. The lowest BCUT2D eigenvalue weighted by Crippen LogP contribution is -2.43. The molecule has 1 atom stereocenters. The Morgan fingerprint density at radius 2 is 1.72 bits per heavy atom. The van der Waals surface area contributed by atoms with Crippen molar-refractivity contribution in [1.82, 2.24) is 20.1 Å². The quantitative estimate of drug-likeness (QED) is 0.471. The van der Waals surface area contributed by atoms with E-state index in [1.807, 2.05) is 12.1 Å². The minimum Gasteiger partial charge on any atom is -0.475 e.